The third kappa shape index (κ3) is 5.19. The van der Waals surface area contributed by atoms with Gasteiger partial charge in [-0.3, -0.25) is 9.79 Å². The van der Waals surface area contributed by atoms with Gasteiger partial charge in [0.25, 0.3) is 0 Å². The predicted octanol–water partition coefficient (Wildman–Crippen LogP) is 2.16. The van der Waals surface area contributed by atoms with Crippen LogP contribution in [0.5, 0.6) is 0 Å². The first-order chi connectivity index (χ1) is 9.85. The zero-order chi connectivity index (χ0) is 16.0. The predicted molar refractivity (Wildman–Crippen MR) is 86.1 cm³/mol. The van der Waals surface area contributed by atoms with Gasteiger partial charge in [0.1, 0.15) is 6.04 Å². The Kier molecular flexibility index (Phi) is 6.37. The maximum atomic E-state index is 12.1. The fraction of sp³-hybridized carbons (Fsp3) is 0.500. The van der Waals surface area contributed by atoms with E-state index >= 15 is 0 Å². The van der Waals surface area contributed by atoms with Crippen molar-refractivity contribution in [1.29, 1.82) is 0 Å². The summed E-state index contributed by atoms with van der Waals surface area (Å²) in [5.74, 6) is 0.827. The average molecular weight is 291 g/mol. The van der Waals surface area contributed by atoms with Gasteiger partial charge in [0, 0.05) is 11.6 Å². The van der Waals surface area contributed by atoms with Crippen molar-refractivity contribution in [2.24, 2.45) is 22.6 Å². The van der Waals surface area contributed by atoms with Crippen molar-refractivity contribution >= 4 is 17.4 Å². The van der Waals surface area contributed by atoms with Gasteiger partial charge in [0.15, 0.2) is 0 Å². The second-order valence-corrected chi connectivity index (χ2v) is 5.61. The highest BCUT2D eigenvalue weighted by Gasteiger charge is 2.16. The van der Waals surface area contributed by atoms with E-state index in [4.69, 9.17) is 10.8 Å². The molecule has 0 aromatic heterocycles. The molecule has 0 saturated carbocycles. The van der Waals surface area contributed by atoms with E-state index in [1.807, 2.05) is 6.92 Å². The van der Waals surface area contributed by atoms with Gasteiger partial charge < -0.3 is 16.2 Å². The number of rotatable bonds is 6. The Bertz CT molecular complexity index is 495. The van der Waals surface area contributed by atoms with Crippen LogP contribution in [0.15, 0.2) is 29.3 Å². The van der Waals surface area contributed by atoms with Crippen LogP contribution in [0.1, 0.15) is 33.3 Å². The molecule has 5 heteroatoms. The smallest absolute Gasteiger partial charge is 0.248 e. The Labute approximate surface area is 126 Å². The molecule has 1 amide bonds. The fourth-order valence-corrected chi connectivity index (χ4v) is 1.68. The molecule has 0 spiro atoms. The summed E-state index contributed by atoms with van der Waals surface area (Å²) in [6, 6.07) is 6.49. The Hall–Kier alpha value is -1.88. The molecule has 4 N–H and O–H groups in total. The van der Waals surface area contributed by atoms with E-state index in [1.54, 1.807) is 31.2 Å². The largest absolute Gasteiger partial charge is 0.392 e. The molecule has 21 heavy (non-hydrogen) atoms. The molecule has 116 valence electrons. The second-order valence-electron chi connectivity index (χ2n) is 5.61. The number of hydrogen-bond acceptors (Lipinski definition) is 3. The number of aliphatic hydroxyl groups excluding tert-OH is 1. The third-order valence-electron chi connectivity index (χ3n) is 3.59. The molecule has 0 unspecified atom stereocenters. The van der Waals surface area contributed by atoms with E-state index in [9.17, 15) is 4.79 Å². The molecule has 1 aromatic rings. The number of carbonyl (C=O) groups excluding carboxylic acids is 1. The lowest BCUT2D eigenvalue weighted by atomic mass is 9.97. The number of aliphatic imine (C=N–C) groups is 1. The van der Waals surface area contributed by atoms with Crippen molar-refractivity contribution in [1.82, 2.24) is 0 Å². The van der Waals surface area contributed by atoms with E-state index in [-0.39, 0.29) is 18.4 Å². The third-order valence-corrected chi connectivity index (χ3v) is 3.59. The van der Waals surface area contributed by atoms with Crippen molar-refractivity contribution < 1.29 is 9.90 Å². The average Bonchev–Trinajstić information content (AvgIpc) is 2.46. The minimum absolute atomic E-state index is 0.0153. The Morgan fingerprint density at radius 3 is 2.29 bits per heavy atom. The Morgan fingerprint density at radius 2 is 1.81 bits per heavy atom. The minimum Gasteiger partial charge on any atom is -0.392 e. The number of amidine groups is 1. The maximum absolute atomic E-state index is 12.1. The molecule has 0 aliphatic heterocycles. The number of benzene rings is 1. The number of aliphatic hydroxyl groups is 1. The molecular weight excluding hydrogens is 266 g/mol. The van der Waals surface area contributed by atoms with E-state index in [0.29, 0.717) is 17.4 Å². The number of amides is 1. The number of nitrogens with zero attached hydrogens (tertiary/aromatic N) is 1. The van der Waals surface area contributed by atoms with Crippen LogP contribution >= 0.6 is 0 Å². The lowest BCUT2D eigenvalue weighted by Gasteiger charge is -2.16. The van der Waals surface area contributed by atoms with Gasteiger partial charge in [-0.1, -0.05) is 32.9 Å². The Morgan fingerprint density at radius 1 is 1.24 bits per heavy atom. The molecular formula is C16H25N3O2. The zero-order valence-corrected chi connectivity index (χ0v) is 13.1. The number of anilines is 1. The van der Waals surface area contributed by atoms with Crippen LogP contribution in [0.4, 0.5) is 5.69 Å². The van der Waals surface area contributed by atoms with E-state index in [0.717, 1.165) is 5.56 Å². The number of carbonyl (C=O) groups is 1. The van der Waals surface area contributed by atoms with Gasteiger partial charge in [-0.2, -0.15) is 0 Å². The van der Waals surface area contributed by atoms with Gasteiger partial charge in [-0.15, -0.1) is 0 Å². The highest BCUT2D eigenvalue weighted by atomic mass is 16.3. The standard InChI is InChI=1S/C16H25N3O2/c1-10(2)11(3)15(17)18-12(4)16(21)19-14-7-5-13(9-20)6-8-14/h5-8,10-12,20H,9H2,1-4H3,(H2,17,18)(H,19,21)/t11-,12-/m0/s1. The van der Waals surface area contributed by atoms with Crippen molar-refractivity contribution in [3.63, 3.8) is 0 Å². The maximum Gasteiger partial charge on any atom is 0.248 e. The van der Waals surface area contributed by atoms with Crippen LogP contribution in [0.3, 0.4) is 0 Å². The quantitative estimate of drug-likeness (QED) is 0.554. The second kappa shape index (κ2) is 7.78. The lowest BCUT2D eigenvalue weighted by Crippen LogP contribution is -2.31. The first-order valence-electron chi connectivity index (χ1n) is 7.19. The molecule has 0 fully saturated rings. The van der Waals surface area contributed by atoms with Crippen molar-refractivity contribution in [3.05, 3.63) is 29.8 Å². The van der Waals surface area contributed by atoms with Crippen LogP contribution in [-0.2, 0) is 11.4 Å². The van der Waals surface area contributed by atoms with E-state index in [1.165, 1.54) is 0 Å². The molecule has 0 aliphatic carbocycles. The number of nitrogens with two attached hydrogens (primary N) is 1. The van der Waals surface area contributed by atoms with Gasteiger partial charge in [-0.25, -0.2) is 0 Å². The summed E-state index contributed by atoms with van der Waals surface area (Å²) >= 11 is 0. The first-order valence-corrected chi connectivity index (χ1v) is 7.19. The summed E-state index contributed by atoms with van der Waals surface area (Å²) in [4.78, 5) is 16.3. The topological polar surface area (TPSA) is 87.7 Å². The zero-order valence-electron chi connectivity index (χ0n) is 13.1. The number of hydrogen-bond donors (Lipinski definition) is 3. The van der Waals surface area contributed by atoms with Gasteiger partial charge in [-0.05, 0) is 30.5 Å². The number of nitrogens with one attached hydrogen (secondary N) is 1. The van der Waals surface area contributed by atoms with E-state index in [2.05, 4.69) is 24.2 Å². The molecule has 1 aromatic carbocycles. The summed E-state index contributed by atoms with van der Waals surface area (Å²) in [7, 11) is 0. The van der Waals surface area contributed by atoms with Crippen LogP contribution in [0.25, 0.3) is 0 Å². The highest BCUT2D eigenvalue weighted by Crippen LogP contribution is 2.12. The van der Waals surface area contributed by atoms with Crippen LogP contribution in [0.2, 0.25) is 0 Å². The highest BCUT2D eigenvalue weighted by molar-refractivity contribution is 5.96. The van der Waals surface area contributed by atoms with Crippen LogP contribution in [-0.4, -0.2) is 22.9 Å². The first kappa shape index (κ1) is 17.2. The van der Waals surface area contributed by atoms with Crippen molar-refractivity contribution in [3.8, 4) is 0 Å². The molecule has 0 heterocycles. The van der Waals surface area contributed by atoms with Gasteiger partial charge in [0.05, 0.1) is 12.4 Å². The van der Waals surface area contributed by atoms with E-state index < -0.39 is 6.04 Å². The van der Waals surface area contributed by atoms with Gasteiger partial charge in [0.2, 0.25) is 5.91 Å². The summed E-state index contributed by atoms with van der Waals surface area (Å²) in [5, 5.41) is 11.8. The summed E-state index contributed by atoms with van der Waals surface area (Å²) in [5.41, 5.74) is 7.41. The lowest BCUT2D eigenvalue weighted by molar-refractivity contribution is -0.117. The van der Waals surface area contributed by atoms with Gasteiger partial charge >= 0.3 is 0 Å². The summed E-state index contributed by atoms with van der Waals surface area (Å²) in [6.07, 6.45) is 0. The minimum atomic E-state index is -0.538. The monoisotopic (exact) mass is 291 g/mol. The fourth-order valence-electron chi connectivity index (χ4n) is 1.68. The SMILES string of the molecule is CC(C)[C@H](C)C(N)=N[C@@H](C)C(=O)Nc1ccc(CO)cc1. The Balaban J connectivity index is 2.67. The normalized spacial score (nSPS) is 14.9. The van der Waals surface area contributed by atoms with Crippen LogP contribution in [0, 0.1) is 11.8 Å². The molecule has 0 saturated heterocycles. The molecule has 2 atom stereocenters. The molecule has 0 aliphatic rings. The molecule has 0 bridgehead atoms. The van der Waals surface area contributed by atoms with Crippen LogP contribution < -0.4 is 11.1 Å². The molecule has 5 nitrogen and oxygen atoms in total. The van der Waals surface area contributed by atoms with Crippen molar-refractivity contribution in [2.75, 3.05) is 5.32 Å². The molecule has 0 radical (unpaired) electrons. The summed E-state index contributed by atoms with van der Waals surface area (Å²) in [6.45, 7) is 7.85. The summed E-state index contributed by atoms with van der Waals surface area (Å²) < 4.78 is 0. The van der Waals surface area contributed by atoms with Crippen molar-refractivity contribution in [2.45, 2.75) is 40.3 Å². The molecule has 1 rings (SSSR count).